The molecule has 0 spiro atoms. The van der Waals surface area contributed by atoms with Gasteiger partial charge in [0.1, 0.15) is 5.82 Å². The fraction of sp³-hybridized carbons (Fsp3) is 0.318. The molecule has 1 aliphatic rings. The largest absolute Gasteiger partial charge is 0.379 e. The molecule has 4 rings (SSSR count). The minimum absolute atomic E-state index is 0.173. The lowest BCUT2D eigenvalue weighted by Gasteiger charge is -2.26. The van der Waals surface area contributed by atoms with E-state index in [4.69, 9.17) is 17.0 Å². The van der Waals surface area contributed by atoms with Gasteiger partial charge in [0.25, 0.3) is 11.5 Å². The highest BCUT2D eigenvalue weighted by Crippen LogP contribution is 2.14. The van der Waals surface area contributed by atoms with E-state index in [2.05, 4.69) is 15.2 Å². The first-order chi connectivity index (χ1) is 15.0. The predicted octanol–water partition coefficient (Wildman–Crippen LogP) is 2.64. The maximum Gasteiger partial charge on any atom is 0.266 e. The van der Waals surface area contributed by atoms with E-state index in [0.717, 1.165) is 39.3 Å². The number of fused-ring (bicyclic) bond motifs is 1. The number of nitrogens with zero attached hydrogens (tertiary/aromatic N) is 2. The van der Waals surface area contributed by atoms with E-state index in [9.17, 15) is 14.0 Å². The van der Waals surface area contributed by atoms with Crippen LogP contribution in [-0.4, -0.2) is 59.8 Å². The number of hydrogen-bond acceptors (Lipinski definition) is 5. The number of hydrogen-bond donors (Lipinski definition) is 2. The van der Waals surface area contributed by atoms with Crippen molar-refractivity contribution in [2.24, 2.45) is 0 Å². The number of halogens is 1. The van der Waals surface area contributed by atoms with E-state index >= 15 is 0 Å². The summed E-state index contributed by atoms with van der Waals surface area (Å²) >= 11 is 5.34. The van der Waals surface area contributed by atoms with E-state index in [1.165, 1.54) is 28.8 Å². The lowest BCUT2D eigenvalue weighted by atomic mass is 10.1. The van der Waals surface area contributed by atoms with Crippen LogP contribution in [0, 0.1) is 10.6 Å². The number of benzene rings is 2. The molecule has 0 atom stereocenters. The molecule has 7 nitrogen and oxygen atoms in total. The van der Waals surface area contributed by atoms with Crippen LogP contribution in [0.15, 0.2) is 47.3 Å². The molecule has 0 aliphatic carbocycles. The summed E-state index contributed by atoms with van der Waals surface area (Å²) in [6, 6.07) is 10.4. The maximum absolute atomic E-state index is 13.2. The lowest BCUT2D eigenvalue weighted by Crippen LogP contribution is -2.38. The molecule has 0 unspecified atom stereocenters. The number of rotatable bonds is 6. The van der Waals surface area contributed by atoms with Gasteiger partial charge in [-0.05, 0) is 67.6 Å². The molecule has 1 aromatic heterocycles. The number of carbonyl (C=O) groups excluding carboxylic acids is 1. The first kappa shape index (κ1) is 21.4. The van der Waals surface area contributed by atoms with Crippen LogP contribution in [0.2, 0.25) is 0 Å². The molecular formula is C22H23FN4O3S. The monoisotopic (exact) mass is 442 g/mol. The number of H-pyrrole nitrogens is 1. The van der Waals surface area contributed by atoms with Gasteiger partial charge in [-0.1, -0.05) is 0 Å². The van der Waals surface area contributed by atoms with E-state index in [1.54, 1.807) is 18.2 Å². The molecule has 1 amide bonds. The molecule has 0 saturated carbocycles. The molecule has 0 bridgehead atoms. The number of aromatic nitrogens is 2. The average molecular weight is 443 g/mol. The zero-order chi connectivity index (χ0) is 21.8. The van der Waals surface area contributed by atoms with Crippen molar-refractivity contribution in [3.63, 3.8) is 0 Å². The Morgan fingerprint density at radius 2 is 1.90 bits per heavy atom. The summed E-state index contributed by atoms with van der Waals surface area (Å²) in [7, 11) is 0. The summed E-state index contributed by atoms with van der Waals surface area (Å²) in [4.78, 5) is 30.8. The normalized spacial score (nSPS) is 14.6. The minimum atomic E-state index is -0.395. The topological polar surface area (TPSA) is 79.4 Å². The van der Waals surface area contributed by atoms with E-state index < -0.39 is 5.82 Å². The summed E-state index contributed by atoms with van der Waals surface area (Å²) in [5.74, 6) is -0.598. The summed E-state index contributed by atoms with van der Waals surface area (Å²) in [5, 5.41) is 3.31. The fourth-order valence-corrected chi connectivity index (χ4v) is 3.91. The van der Waals surface area contributed by atoms with E-state index in [0.29, 0.717) is 28.7 Å². The van der Waals surface area contributed by atoms with Crippen LogP contribution in [0.1, 0.15) is 16.8 Å². The van der Waals surface area contributed by atoms with E-state index in [1.807, 2.05) is 0 Å². The molecule has 0 radical (unpaired) electrons. The molecule has 3 aromatic rings. The van der Waals surface area contributed by atoms with Gasteiger partial charge in [0.05, 0.1) is 29.8 Å². The molecular weight excluding hydrogens is 419 g/mol. The second kappa shape index (κ2) is 9.51. The number of ether oxygens (including phenoxy) is 1. The Morgan fingerprint density at radius 3 is 2.65 bits per heavy atom. The van der Waals surface area contributed by atoms with Gasteiger partial charge in [0, 0.05) is 25.2 Å². The van der Waals surface area contributed by atoms with Crippen molar-refractivity contribution in [3.05, 3.63) is 69.0 Å². The second-order valence-electron chi connectivity index (χ2n) is 7.37. The van der Waals surface area contributed by atoms with Crippen molar-refractivity contribution in [2.75, 3.05) is 39.4 Å². The highest BCUT2D eigenvalue weighted by molar-refractivity contribution is 7.71. The zero-order valence-electron chi connectivity index (χ0n) is 16.9. The molecule has 2 heterocycles. The zero-order valence-corrected chi connectivity index (χ0v) is 17.7. The third kappa shape index (κ3) is 4.90. The summed E-state index contributed by atoms with van der Waals surface area (Å²) in [5.41, 5.74) is 1.07. The molecule has 1 saturated heterocycles. The highest BCUT2D eigenvalue weighted by Gasteiger charge is 2.13. The van der Waals surface area contributed by atoms with Crippen LogP contribution in [0.25, 0.3) is 16.6 Å². The minimum Gasteiger partial charge on any atom is -0.379 e. The van der Waals surface area contributed by atoms with Crippen LogP contribution in [0.4, 0.5) is 4.39 Å². The third-order valence-electron chi connectivity index (χ3n) is 5.29. The maximum atomic E-state index is 13.2. The van der Waals surface area contributed by atoms with Crippen LogP contribution < -0.4 is 10.9 Å². The lowest BCUT2D eigenvalue weighted by molar-refractivity contribution is 0.0374. The molecule has 2 N–H and O–H groups in total. The van der Waals surface area contributed by atoms with Crippen LogP contribution in [0.5, 0.6) is 0 Å². The quantitative estimate of drug-likeness (QED) is 0.453. The Balaban J connectivity index is 1.48. The van der Waals surface area contributed by atoms with Crippen LogP contribution in [-0.2, 0) is 4.74 Å². The van der Waals surface area contributed by atoms with Gasteiger partial charge in [0.15, 0.2) is 4.77 Å². The third-order valence-corrected chi connectivity index (χ3v) is 5.57. The molecule has 31 heavy (non-hydrogen) atoms. The number of morpholine rings is 1. The Morgan fingerprint density at radius 1 is 1.16 bits per heavy atom. The number of nitrogens with one attached hydrogen (secondary N) is 2. The van der Waals surface area contributed by atoms with Crippen LogP contribution >= 0.6 is 12.2 Å². The predicted molar refractivity (Wildman–Crippen MR) is 119 cm³/mol. The fourth-order valence-electron chi connectivity index (χ4n) is 3.62. The van der Waals surface area contributed by atoms with Gasteiger partial charge in [-0.25, -0.2) is 4.39 Å². The second-order valence-corrected chi connectivity index (χ2v) is 7.76. The van der Waals surface area contributed by atoms with Gasteiger partial charge in [0.2, 0.25) is 0 Å². The number of aromatic amines is 1. The van der Waals surface area contributed by atoms with Gasteiger partial charge < -0.3 is 15.0 Å². The Bertz CT molecular complexity index is 1200. The molecule has 2 aromatic carbocycles. The highest BCUT2D eigenvalue weighted by atomic mass is 32.1. The van der Waals surface area contributed by atoms with Gasteiger partial charge in [-0.3, -0.25) is 19.1 Å². The first-order valence-corrected chi connectivity index (χ1v) is 10.6. The summed E-state index contributed by atoms with van der Waals surface area (Å²) in [6.07, 6.45) is 0.851. The van der Waals surface area contributed by atoms with Crippen molar-refractivity contribution in [2.45, 2.75) is 6.42 Å². The van der Waals surface area contributed by atoms with Crippen molar-refractivity contribution >= 4 is 29.0 Å². The first-order valence-electron chi connectivity index (χ1n) is 10.2. The Kier molecular flexibility index (Phi) is 6.55. The standard InChI is InChI=1S/C22H23FN4O3S/c23-16-3-5-17(6-4-16)27-21(29)18-7-2-15(14-19(18)25-22(27)31)20(28)24-8-1-9-26-10-12-30-13-11-26/h2-7,14H,1,8-13H2,(H,24,28)(H,25,31). The molecule has 162 valence electrons. The molecule has 1 fully saturated rings. The number of carbonyl (C=O) groups is 1. The van der Waals surface area contributed by atoms with Crippen molar-refractivity contribution in [1.29, 1.82) is 0 Å². The van der Waals surface area contributed by atoms with Crippen LogP contribution in [0.3, 0.4) is 0 Å². The van der Waals surface area contributed by atoms with Crippen molar-refractivity contribution in [3.8, 4) is 5.69 Å². The van der Waals surface area contributed by atoms with Gasteiger partial charge >= 0.3 is 0 Å². The van der Waals surface area contributed by atoms with Gasteiger partial charge in [-0.2, -0.15) is 0 Å². The smallest absolute Gasteiger partial charge is 0.266 e. The van der Waals surface area contributed by atoms with Gasteiger partial charge in [-0.15, -0.1) is 0 Å². The summed E-state index contributed by atoms with van der Waals surface area (Å²) < 4.78 is 20.0. The SMILES string of the molecule is O=C(NCCCN1CCOCC1)c1ccc2c(=O)n(-c3ccc(F)cc3)c(=S)[nH]c2c1. The number of amides is 1. The van der Waals surface area contributed by atoms with Crippen molar-refractivity contribution in [1.82, 2.24) is 19.8 Å². The van der Waals surface area contributed by atoms with Crippen molar-refractivity contribution < 1.29 is 13.9 Å². The molecule has 1 aliphatic heterocycles. The summed E-state index contributed by atoms with van der Waals surface area (Å²) in [6.45, 7) is 4.84. The Labute approximate surface area is 183 Å². The average Bonchev–Trinajstić information content (AvgIpc) is 2.78. The molecule has 9 heteroatoms. The van der Waals surface area contributed by atoms with E-state index in [-0.39, 0.29) is 16.2 Å². The Hall–Kier alpha value is -2.88.